The van der Waals surface area contributed by atoms with Gasteiger partial charge in [-0.1, -0.05) is 36.3 Å². The van der Waals surface area contributed by atoms with E-state index in [0.29, 0.717) is 5.56 Å². The van der Waals surface area contributed by atoms with Gasteiger partial charge in [0.2, 0.25) is 5.88 Å². The van der Waals surface area contributed by atoms with E-state index in [1.54, 1.807) is 37.3 Å². The van der Waals surface area contributed by atoms with Crippen LogP contribution in [-0.4, -0.2) is 21.6 Å². The minimum atomic E-state index is -4.63. The van der Waals surface area contributed by atoms with Gasteiger partial charge in [0.25, 0.3) is 0 Å². The fourth-order valence-corrected chi connectivity index (χ4v) is 2.40. The summed E-state index contributed by atoms with van der Waals surface area (Å²) in [4.78, 5) is 12.3. The molecule has 2 heterocycles. The van der Waals surface area contributed by atoms with Crippen LogP contribution in [0.3, 0.4) is 0 Å². The number of aromatic nitrogens is 3. The molecule has 3 rings (SSSR count). The van der Waals surface area contributed by atoms with Crippen molar-refractivity contribution >= 4 is 11.0 Å². The second-order valence-corrected chi connectivity index (χ2v) is 5.19. The topological polar surface area (TPSA) is 47.9 Å². The van der Waals surface area contributed by atoms with Gasteiger partial charge in [-0.2, -0.15) is 18.2 Å². The van der Waals surface area contributed by atoms with Crippen molar-refractivity contribution in [1.29, 1.82) is 0 Å². The molecule has 0 atom stereocenters. The Hall–Kier alpha value is -3.14. The molecule has 0 N–H and O–H groups in total. The Labute approximate surface area is 141 Å². The standard InChI is InChI=1S/C18H12F3N3O/c1-3-9-25-17-15-13(18(19,20)21)10-14(12-7-5-4-6-8-12)24-16(15)22-11(2)23-17/h1,4-8,10H,9H2,2H3. The quantitative estimate of drug-likeness (QED) is 0.674. The van der Waals surface area contributed by atoms with Gasteiger partial charge in [-0.25, -0.2) is 9.97 Å². The fraction of sp³-hybridized carbons (Fsp3) is 0.167. The molecule has 0 saturated heterocycles. The molecule has 0 amide bonds. The number of aryl methyl sites for hydroxylation is 1. The number of hydrogen-bond donors (Lipinski definition) is 0. The minimum absolute atomic E-state index is 0.0896. The van der Waals surface area contributed by atoms with Crippen LogP contribution in [0.25, 0.3) is 22.3 Å². The van der Waals surface area contributed by atoms with Crippen molar-refractivity contribution in [1.82, 2.24) is 15.0 Å². The van der Waals surface area contributed by atoms with E-state index in [1.165, 1.54) is 0 Å². The molecule has 25 heavy (non-hydrogen) atoms. The third-order valence-corrected chi connectivity index (χ3v) is 3.41. The molecular weight excluding hydrogens is 331 g/mol. The van der Waals surface area contributed by atoms with Crippen molar-refractivity contribution in [2.24, 2.45) is 0 Å². The number of ether oxygens (including phenoxy) is 1. The number of halogens is 3. The maximum absolute atomic E-state index is 13.6. The predicted molar refractivity (Wildman–Crippen MR) is 86.8 cm³/mol. The molecule has 0 aliphatic carbocycles. The third-order valence-electron chi connectivity index (χ3n) is 3.41. The number of hydrogen-bond acceptors (Lipinski definition) is 4. The van der Waals surface area contributed by atoms with Crippen LogP contribution in [0.4, 0.5) is 13.2 Å². The smallest absolute Gasteiger partial charge is 0.417 e. The van der Waals surface area contributed by atoms with E-state index in [0.717, 1.165) is 6.07 Å². The normalized spacial score (nSPS) is 11.3. The Morgan fingerprint density at radius 1 is 1.12 bits per heavy atom. The minimum Gasteiger partial charge on any atom is -0.464 e. The summed E-state index contributed by atoms with van der Waals surface area (Å²) in [5.41, 5.74) is -0.282. The van der Waals surface area contributed by atoms with Crippen LogP contribution in [0.5, 0.6) is 5.88 Å². The second-order valence-electron chi connectivity index (χ2n) is 5.19. The summed E-state index contributed by atoms with van der Waals surface area (Å²) in [6.07, 6.45) is 0.499. The number of rotatable bonds is 3. The first-order chi connectivity index (χ1) is 11.9. The number of benzene rings is 1. The highest BCUT2D eigenvalue weighted by Crippen LogP contribution is 2.39. The first kappa shape index (κ1) is 16.7. The van der Waals surface area contributed by atoms with Crippen molar-refractivity contribution in [3.63, 3.8) is 0 Å². The average molecular weight is 343 g/mol. The van der Waals surface area contributed by atoms with Crippen LogP contribution < -0.4 is 4.74 Å². The highest BCUT2D eigenvalue weighted by Gasteiger charge is 2.36. The van der Waals surface area contributed by atoms with Crippen LogP contribution in [0.15, 0.2) is 36.4 Å². The van der Waals surface area contributed by atoms with Gasteiger partial charge >= 0.3 is 6.18 Å². The molecule has 0 fully saturated rings. The summed E-state index contributed by atoms with van der Waals surface area (Å²) in [5, 5.41) is -0.298. The Morgan fingerprint density at radius 3 is 2.48 bits per heavy atom. The van der Waals surface area contributed by atoms with E-state index in [-0.39, 0.29) is 35.0 Å². The first-order valence-electron chi connectivity index (χ1n) is 7.28. The monoisotopic (exact) mass is 343 g/mol. The first-order valence-corrected chi connectivity index (χ1v) is 7.28. The Morgan fingerprint density at radius 2 is 1.84 bits per heavy atom. The van der Waals surface area contributed by atoms with Crippen molar-refractivity contribution in [2.75, 3.05) is 6.61 Å². The van der Waals surface area contributed by atoms with E-state index < -0.39 is 11.7 Å². The lowest BCUT2D eigenvalue weighted by Crippen LogP contribution is -2.11. The maximum atomic E-state index is 13.6. The van der Waals surface area contributed by atoms with E-state index in [1.807, 2.05) is 0 Å². The van der Waals surface area contributed by atoms with Crippen LogP contribution >= 0.6 is 0 Å². The molecule has 0 unspecified atom stereocenters. The molecule has 4 nitrogen and oxygen atoms in total. The zero-order valence-corrected chi connectivity index (χ0v) is 13.1. The molecule has 0 aliphatic heterocycles. The van der Waals surface area contributed by atoms with Gasteiger partial charge in [-0.05, 0) is 13.0 Å². The largest absolute Gasteiger partial charge is 0.464 e. The van der Waals surface area contributed by atoms with E-state index in [9.17, 15) is 13.2 Å². The highest BCUT2D eigenvalue weighted by molar-refractivity contribution is 5.87. The van der Waals surface area contributed by atoms with E-state index >= 15 is 0 Å². The fourth-order valence-electron chi connectivity index (χ4n) is 2.40. The average Bonchev–Trinajstić information content (AvgIpc) is 2.58. The third kappa shape index (κ3) is 3.38. The van der Waals surface area contributed by atoms with Gasteiger partial charge in [-0.15, -0.1) is 6.42 Å². The van der Waals surface area contributed by atoms with Gasteiger partial charge in [-0.3, -0.25) is 0 Å². The lowest BCUT2D eigenvalue weighted by Gasteiger charge is -2.15. The molecule has 126 valence electrons. The number of nitrogens with zero attached hydrogens (tertiary/aromatic N) is 3. The Kier molecular flexibility index (Phi) is 4.28. The van der Waals surface area contributed by atoms with Crippen LogP contribution in [0, 0.1) is 19.3 Å². The van der Waals surface area contributed by atoms with Gasteiger partial charge in [0.1, 0.15) is 5.82 Å². The van der Waals surface area contributed by atoms with Gasteiger partial charge in [0, 0.05) is 5.56 Å². The molecule has 0 aliphatic rings. The Balaban J connectivity index is 2.34. The van der Waals surface area contributed by atoms with Crippen molar-refractivity contribution in [3.05, 3.63) is 47.8 Å². The lowest BCUT2D eigenvalue weighted by molar-refractivity contribution is -0.136. The zero-order chi connectivity index (χ0) is 18.0. The van der Waals surface area contributed by atoms with E-state index in [2.05, 4.69) is 20.9 Å². The van der Waals surface area contributed by atoms with Crippen LogP contribution in [-0.2, 0) is 6.18 Å². The van der Waals surface area contributed by atoms with Crippen molar-refractivity contribution in [2.45, 2.75) is 13.1 Å². The second kappa shape index (κ2) is 6.40. The predicted octanol–water partition coefficient (Wildman–Crippen LogP) is 4.03. The molecule has 3 aromatic rings. The van der Waals surface area contributed by atoms with Crippen molar-refractivity contribution < 1.29 is 17.9 Å². The molecule has 7 heteroatoms. The number of fused-ring (bicyclic) bond motifs is 1. The SMILES string of the molecule is C#CCOc1nc(C)nc2nc(-c3ccccc3)cc(C(F)(F)F)c12. The van der Waals surface area contributed by atoms with Gasteiger partial charge < -0.3 is 4.74 Å². The summed E-state index contributed by atoms with van der Waals surface area (Å²) in [7, 11) is 0. The molecule has 0 saturated carbocycles. The summed E-state index contributed by atoms with van der Waals surface area (Å²) in [6.45, 7) is 1.34. The van der Waals surface area contributed by atoms with Crippen LogP contribution in [0.1, 0.15) is 11.4 Å². The summed E-state index contributed by atoms with van der Waals surface area (Å²) in [5.74, 6) is 2.23. The Bertz CT molecular complexity index is 963. The van der Waals surface area contributed by atoms with E-state index in [4.69, 9.17) is 11.2 Å². The number of pyridine rings is 1. The zero-order valence-electron chi connectivity index (χ0n) is 13.1. The van der Waals surface area contributed by atoms with Crippen molar-refractivity contribution in [3.8, 4) is 29.5 Å². The lowest BCUT2D eigenvalue weighted by atomic mass is 10.1. The molecule has 0 spiro atoms. The number of terminal acetylenes is 1. The van der Waals surface area contributed by atoms with Gasteiger partial charge in [0.05, 0.1) is 16.6 Å². The molecule has 0 radical (unpaired) electrons. The summed E-state index contributed by atoms with van der Waals surface area (Å²) in [6, 6.07) is 9.55. The summed E-state index contributed by atoms with van der Waals surface area (Å²) < 4.78 is 46.1. The molecule has 0 bridgehead atoms. The highest BCUT2D eigenvalue weighted by atomic mass is 19.4. The number of alkyl halides is 3. The molecule has 1 aromatic carbocycles. The molecule has 2 aromatic heterocycles. The maximum Gasteiger partial charge on any atom is 0.417 e. The summed E-state index contributed by atoms with van der Waals surface area (Å²) >= 11 is 0. The molecular formula is C18H12F3N3O. The van der Waals surface area contributed by atoms with Gasteiger partial charge in [0.15, 0.2) is 12.3 Å². The van der Waals surface area contributed by atoms with Crippen LogP contribution in [0.2, 0.25) is 0 Å².